The van der Waals surface area contributed by atoms with E-state index in [1.165, 1.54) is 12.0 Å². The number of methoxy groups -OCH3 is 1. The smallest absolute Gasteiger partial charge is 0.410 e. The van der Waals surface area contributed by atoms with Crippen LogP contribution in [0.15, 0.2) is 30.3 Å². The van der Waals surface area contributed by atoms with Gasteiger partial charge in [0, 0.05) is 39.1 Å². The van der Waals surface area contributed by atoms with E-state index in [-0.39, 0.29) is 50.1 Å². The summed E-state index contributed by atoms with van der Waals surface area (Å²) in [6, 6.07) is 8.71. The molecule has 2 unspecified atom stereocenters. The summed E-state index contributed by atoms with van der Waals surface area (Å²) >= 11 is 0. The third-order valence-electron chi connectivity index (χ3n) is 7.51. The zero-order chi connectivity index (χ0) is 24.1. The molecule has 3 fully saturated rings. The molecule has 3 aliphatic rings. The predicted molar refractivity (Wildman–Crippen MR) is 124 cm³/mol. The van der Waals surface area contributed by atoms with Crippen molar-refractivity contribution in [2.45, 2.75) is 50.9 Å². The fraction of sp³-hybridized carbons (Fsp3) is 0.640. The lowest BCUT2D eigenvalue weighted by Gasteiger charge is -2.37. The Morgan fingerprint density at radius 2 is 1.88 bits per heavy atom. The first-order valence-corrected chi connectivity index (χ1v) is 12.2. The van der Waals surface area contributed by atoms with Gasteiger partial charge in [-0.25, -0.2) is 9.59 Å². The van der Waals surface area contributed by atoms with Gasteiger partial charge in [-0.1, -0.05) is 30.3 Å². The zero-order valence-corrected chi connectivity index (χ0v) is 19.9. The lowest BCUT2D eigenvalue weighted by molar-refractivity contribution is -0.153. The van der Waals surface area contributed by atoms with Crippen LogP contribution >= 0.6 is 0 Å². The van der Waals surface area contributed by atoms with Crippen LogP contribution in [-0.4, -0.2) is 96.3 Å². The molecule has 1 N–H and O–H groups in total. The number of esters is 1. The Hall–Kier alpha value is -2.65. The number of carbonyl (C=O) groups is 3. The minimum absolute atomic E-state index is 0.123. The summed E-state index contributed by atoms with van der Waals surface area (Å²) in [5, 5.41) is 10.5. The highest BCUT2D eigenvalue weighted by atomic mass is 16.6. The van der Waals surface area contributed by atoms with E-state index in [0.29, 0.717) is 19.5 Å². The first-order chi connectivity index (χ1) is 16.4. The minimum atomic E-state index is -0.716. The van der Waals surface area contributed by atoms with Crippen LogP contribution in [0.1, 0.15) is 37.7 Å². The van der Waals surface area contributed by atoms with Gasteiger partial charge in [-0.05, 0) is 43.2 Å². The normalized spacial score (nSPS) is 23.4. The number of amides is 2. The fourth-order valence-electron chi connectivity index (χ4n) is 5.03. The van der Waals surface area contributed by atoms with Crippen molar-refractivity contribution in [2.24, 2.45) is 5.41 Å². The second-order valence-corrected chi connectivity index (χ2v) is 9.62. The Labute approximate surface area is 200 Å². The largest absolute Gasteiger partial charge is 0.467 e. The molecule has 1 aromatic rings. The molecule has 1 aromatic carbocycles. The standard InChI is InChI=1S/C25H35N3O6/c1-33-23(31)20(7-12-26-14-11-25(9-10-25)21(29)17-26)28-16-15-27(13-8-22(28)30)24(32)34-18-19-5-3-2-4-6-19/h2-6,20-21,29H,7-18H2,1H3. The molecule has 9 heteroatoms. The van der Waals surface area contributed by atoms with Crippen molar-refractivity contribution in [3.8, 4) is 0 Å². The summed E-state index contributed by atoms with van der Waals surface area (Å²) in [6.07, 6.45) is 2.92. The van der Waals surface area contributed by atoms with Gasteiger partial charge in [0.15, 0.2) is 0 Å². The molecule has 1 aliphatic carbocycles. The van der Waals surface area contributed by atoms with Crippen molar-refractivity contribution in [1.29, 1.82) is 0 Å². The van der Waals surface area contributed by atoms with E-state index in [4.69, 9.17) is 9.47 Å². The second kappa shape index (κ2) is 10.7. The molecular formula is C25H35N3O6. The van der Waals surface area contributed by atoms with Gasteiger partial charge >= 0.3 is 12.1 Å². The number of hydrogen-bond acceptors (Lipinski definition) is 7. The molecule has 2 amide bonds. The lowest BCUT2D eigenvalue weighted by Crippen LogP contribution is -2.50. The van der Waals surface area contributed by atoms with E-state index in [9.17, 15) is 19.5 Å². The molecule has 0 aromatic heterocycles. The van der Waals surface area contributed by atoms with Gasteiger partial charge in [0.05, 0.1) is 13.2 Å². The first kappa shape index (κ1) is 24.5. The SMILES string of the molecule is COC(=O)C(CCN1CCC2(CC2)C(O)C1)N1CCN(C(=O)OCc2ccccc2)CCC1=O. The highest BCUT2D eigenvalue weighted by Gasteiger charge is 2.51. The van der Waals surface area contributed by atoms with Gasteiger partial charge in [0.25, 0.3) is 0 Å². The van der Waals surface area contributed by atoms with Gasteiger partial charge in [0.2, 0.25) is 5.91 Å². The highest BCUT2D eigenvalue weighted by molar-refractivity contribution is 5.85. The Kier molecular flexibility index (Phi) is 7.73. The van der Waals surface area contributed by atoms with Crippen LogP contribution in [0.5, 0.6) is 0 Å². The molecule has 186 valence electrons. The maximum absolute atomic E-state index is 12.9. The summed E-state index contributed by atoms with van der Waals surface area (Å²) in [5.41, 5.74) is 1.02. The van der Waals surface area contributed by atoms with Gasteiger partial charge in [-0.2, -0.15) is 0 Å². The summed E-state index contributed by atoms with van der Waals surface area (Å²) in [6.45, 7) is 3.03. The van der Waals surface area contributed by atoms with Crippen LogP contribution in [0.4, 0.5) is 4.79 Å². The summed E-state index contributed by atoms with van der Waals surface area (Å²) in [4.78, 5) is 43.3. The number of carbonyl (C=O) groups excluding carboxylic acids is 3. The topological polar surface area (TPSA) is 99.6 Å². The number of hydrogen-bond donors (Lipinski definition) is 1. The maximum atomic E-state index is 12.9. The molecule has 2 heterocycles. The summed E-state index contributed by atoms with van der Waals surface area (Å²) < 4.78 is 10.4. The van der Waals surface area contributed by atoms with Crippen LogP contribution in [0, 0.1) is 5.41 Å². The van der Waals surface area contributed by atoms with Crippen LogP contribution < -0.4 is 0 Å². The van der Waals surface area contributed by atoms with Gasteiger partial charge in [-0.3, -0.25) is 4.79 Å². The zero-order valence-electron chi connectivity index (χ0n) is 19.9. The third-order valence-corrected chi connectivity index (χ3v) is 7.51. The number of aliphatic hydroxyl groups excluding tert-OH is 1. The Morgan fingerprint density at radius 3 is 2.56 bits per heavy atom. The van der Waals surface area contributed by atoms with Crippen molar-refractivity contribution in [1.82, 2.24) is 14.7 Å². The molecule has 1 spiro atoms. The number of β-amino-alcohol motifs (C(OH)–C–C–N with tert-alkyl or cyclic N) is 1. The number of rotatable bonds is 7. The fourth-order valence-corrected chi connectivity index (χ4v) is 5.03. The number of likely N-dealkylation sites (tertiary alicyclic amines) is 1. The molecule has 2 saturated heterocycles. The third kappa shape index (κ3) is 5.70. The van der Waals surface area contributed by atoms with Crippen molar-refractivity contribution in [2.75, 3.05) is 46.4 Å². The van der Waals surface area contributed by atoms with Crippen LogP contribution in [-0.2, 0) is 25.7 Å². The first-order valence-electron chi connectivity index (χ1n) is 12.2. The number of piperidine rings is 1. The summed E-state index contributed by atoms with van der Waals surface area (Å²) in [5.74, 6) is -0.631. The van der Waals surface area contributed by atoms with Crippen molar-refractivity contribution in [3.63, 3.8) is 0 Å². The van der Waals surface area contributed by atoms with E-state index < -0.39 is 18.1 Å². The van der Waals surface area contributed by atoms with Gasteiger partial charge in [0.1, 0.15) is 12.6 Å². The number of benzene rings is 1. The van der Waals surface area contributed by atoms with Gasteiger partial charge < -0.3 is 29.3 Å². The molecule has 4 rings (SSSR count). The molecule has 34 heavy (non-hydrogen) atoms. The molecule has 9 nitrogen and oxygen atoms in total. The van der Waals surface area contributed by atoms with E-state index in [1.807, 2.05) is 30.3 Å². The molecule has 0 radical (unpaired) electrons. The molecule has 2 atom stereocenters. The van der Waals surface area contributed by atoms with Crippen LogP contribution in [0.3, 0.4) is 0 Å². The van der Waals surface area contributed by atoms with E-state index in [0.717, 1.165) is 31.4 Å². The Balaban J connectivity index is 1.32. The average Bonchev–Trinajstić information content (AvgIpc) is 3.66. The Bertz CT molecular complexity index is 875. The van der Waals surface area contributed by atoms with Crippen LogP contribution in [0.2, 0.25) is 0 Å². The van der Waals surface area contributed by atoms with Crippen molar-refractivity contribution >= 4 is 18.0 Å². The van der Waals surface area contributed by atoms with Crippen molar-refractivity contribution in [3.05, 3.63) is 35.9 Å². The monoisotopic (exact) mass is 473 g/mol. The quantitative estimate of drug-likeness (QED) is 0.601. The Morgan fingerprint density at radius 1 is 1.12 bits per heavy atom. The highest BCUT2D eigenvalue weighted by Crippen LogP contribution is 2.53. The molecule has 2 aliphatic heterocycles. The number of aliphatic hydroxyl groups is 1. The van der Waals surface area contributed by atoms with E-state index >= 15 is 0 Å². The minimum Gasteiger partial charge on any atom is -0.467 e. The van der Waals surface area contributed by atoms with Crippen molar-refractivity contribution < 1.29 is 29.0 Å². The average molecular weight is 474 g/mol. The molecular weight excluding hydrogens is 438 g/mol. The van der Waals surface area contributed by atoms with E-state index in [2.05, 4.69) is 4.90 Å². The number of ether oxygens (including phenoxy) is 2. The van der Waals surface area contributed by atoms with Crippen LogP contribution in [0.25, 0.3) is 0 Å². The maximum Gasteiger partial charge on any atom is 0.410 e. The van der Waals surface area contributed by atoms with E-state index in [1.54, 1.807) is 4.90 Å². The second-order valence-electron chi connectivity index (χ2n) is 9.62. The lowest BCUT2D eigenvalue weighted by atomic mass is 9.90. The van der Waals surface area contributed by atoms with Gasteiger partial charge in [-0.15, -0.1) is 0 Å². The molecule has 0 bridgehead atoms. The predicted octanol–water partition coefficient (Wildman–Crippen LogP) is 1.64. The summed E-state index contributed by atoms with van der Waals surface area (Å²) in [7, 11) is 1.33. The molecule has 1 saturated carbocycles. The number of nitrogens with zero attached hydrogens (tertiary/aromatic N) is 3.